The number of aliphatic hydroxyl groups excluding tert-OH is 2. The Morgan fingerprint density at radius 3 is 2.36 bits per heavy atom. The Morgan fingerprint density at radius 2 is 1.80 bits per heavy atom. The highest BCUT2D eigenvalue weighted by atomic mass is 16.6. The van der Waals surface area contributed by atoms with Crippen molar-refractivity contribution in [1.82, 2.24) is 0 Å². The number of hydrogen-bond donors (Lipinski definition) is 2. The summed E-state index contributed by atoms with van der Waals surface area (Å²) in [5.41, 5.74) is -3.07. The molecule has 25 heavy (non-hydrogen) atoms. The molecule has 0 aromatic carbocycles. The van der Waals surface area contributed by atoms with Crippen molar-refractivity contribution in [1.29, 1.82) is 0 Å². The molecule has 5 atom stereocenters. The first-order chi connectivity index (χ1) is 11.5. The molecule has 2 saturated carbocycles. The summed E-state index contributed by atoms with van der Waals surface area (Å²) in [4.78, 5) is 26.7. The van der Waals surface area contributed by atoms with Gasteiger partial charge in [-0.15, -0.1) is 0 Å². The van der Waals surface area contributed by atoms with Gasteiger partial charge in [-0.3, -0.25) is 9.59 Å². The number of aliphatic hydroxyl groups is 2. The van der Waals surface area contributed by atoms with Crippen LogP contribution in [0.3, 0.4) is 0 Å². The van der Waals surface area contributed by atoms with Crippen LogP contribution in [0.15, 0.2) is 11.3 Å². The fourth-order valence-electron chi connectivity index (χ4n) is 7.01. The molecule has 2 N–H and O–H groups in total. The first-order valence-corrected chi connectivity index (χ1v) is 9.36. The van der Waals surface area contributed by atoms with Gasteiger partial charge in [-0.05, 0) is 30.1 Å². The predicted molar refractivity (Wildman–Crippen MR) is 90.9 cm³/mol. The monoisotopic (exact) mass is 348 g/mol. The fraction of sp³-hybridized carbons (Fsp3) is 0.800. The van der Waals surface area contributed by atoms with E-state index in [-0.39, 0.29) is 35.2 Å². The molecule has 3 fully saturated rings. The number of ketones is 2. The average molecular weight is 348 g/mol. The van der Waals surface area contributed by atoms with Crippen LogP contribution < -0.4 is 0 Å². The van der Waals surface area contributed by atoms with Crippen LogP contribution in [0.5, 0.6) is 0 Å². The second kappa shape index (κ2) is 4.55. The van der Waals surface area contributed by atoms with Crippen LogP contribution in [0.1, 0.15) is 53.9 Å². The van der Waals surface area contributed by atoms with E-state index >= 15 is 0 Å². The van der Waals surface area contributed by atoms with Gasteiger partial charge in [0.1, 0.15) is 0 Å². The van der Waals surface area contributed by atoms with E-state index in [0.29, 0.717) is 0 Å². The lowest BCUT2D eigenvalue weighted by molar-refractivity contribution is -0.139. The predicted octanol–water partition coefficient (Wildman–Crippen LogP) is 2.57. The Kier molecular flexibility index (Phi) is 3.14. The molecule has 138 valence electrons. The molecule has 0 unspecified atom stereocenters. The number of Topliss-reactive ketones (excluding diaryl/α,β-unsaturated/α-hetero) is 2. The Bertz CT molecular complexity index is 720. The van der Waals surface area contributed by atoms with Crippen molar-refractivity contribution >= 4 is 11.6 Å². The largest absolute Gasteiger partial charge is 0.504 e. The van der Waals surface area contributed by atoms with Crippen LogP contribution in [-0.2, 0) is 14.3 Å². The first-order valence-electron chi connectivity index (χ1n) is 9.36. The quantitative estimate of drug-likeness (QED) is 0.749. The number of hydrogen-bond acceptors (Lipinski definition) is 5. The van der Waals surface area contributed by atoms with Gasteiger partial charge in [-0.1, -0.05) is 41.0 Å². The number of rotatable bonds is 2. The molecule has 3 aliphatic carbocycles. The van der Waals surface area contributed by atoms with Crippen molar-refractivity contribution in [3.63, 3.8) is 0 Å². The van der Waals surface area contributed by atoms with E-state index < -0.39 is 34.1 Å². The van der Waals surface area contributed by atoms with Crippen LogP contribution in [0.25, 0.3) is 0 Å². The summed E-state index contributed by atoms with van der Waals surface area (Å²) in [7, 11) is 0. The summed E-state index contributed by atoms with van der Waals surface area (Å²) in [6.45, 7) is 9.75. The highest BCUT2D eigenvalue weighted by Crippen LogP contribution is 2.80. The molecule has 1 saturated heterocycles. The zero-order valence-electron chi connectivity index (χ0n) is 15.7. The maximum atomic E-state index is 13.4. The minimum atomic E-state index is -1.30. The molecule has 0 aromatic rings. The maximum absolute atomic E-state index is 13.4. The lowest BCUT2D eigenvalue weighted by Gasteiger charge is -2.52. The summed E-state index contributed by atoms with van der Waals surface area (Å²) in [6, 6.07) is 0. The number of carbonyl (C=O) groups excluding carboxylic acids is 2. The molecule has 1 aliphatic heterocycles. The molecule has 4 aliphatic rings. The van der Waals surface area contributed by atoms with Crippen molar-refractivity contribution in [2.75, 3.05) is 6.61 Å². The van der Waals surface area contributed by atoms with Gasteiger partial charge in [-0.25, -0.2) is 0 Å². The van der Waals surface area contributed by atoms with Gasteiger partial charge in [0.2, 0.25) is 5.78 Å². The summed E-state index contributed by atoms with van der Waals surface area (Å²) >= 11 is 0. The summed E-state index contributed by atoms with van der Waals surface area (Å²) in [6.07, 6.45) is 2.71. The fourth-order valence-corrected chi connectivity index (χ4v) is 7.01. The van der Waals surface area contributed by atoms with Crippen molar-refractivity contribution in [3.8, 4) is 0 Å². The number of carbonyl (C=O) groups is 2. The summed E-state index contributed by atoms with van der Waals surface area (Å²) in [5, 5.41) is 20.8. The molecule has 4 rings (SSSR count). The zero-order chi connectivity index (χ0) is 18.6. The second-order valence-corrected chi connectivity index (χ2v) is 9.62. The normalized spacial score (nSPS) is 47.6. The molecule has 0 bridgehead atoms. The van der Waals surface area contributed by atoms with E-state index in [4.69, 9.17) is 4.74 Å². The Hall–Kier alpha value is -1.20. The van der Waals surface area contributed by atoms with Crippen molar-refractivity contribution in [2.45, 2.75) is 65.1 Å². The third kappa shape index (κ3) is 1.51. The number of epoxide rings is 1. The topological polar surface area (TPSA) is 87.1 Å². The van der Waals surface area contributed by atoms with Crippen molar-refractivity contribution in [2.24, 2.45) is 28.6 Å². The van der Waals surface area contributed by atoms with E-state index in [0.717, 1.165) is 19.3 Å². The number of ether oxygens (including phenoxy) is 1. The van der Waals surface area contributed by atoms with E-state index in [1.54, 1.807) is 13.8 Å². The van der Waals surface area contributed by atoms with Crippen molar-refractivity contribution < 1.29 is 24.5 Å². The average Bonchev–Trinajstić information content (AvgIpc) is 3.17. The van der Waals surface area contributed by atoms with E-state index in [2.05, 4.69) is 13.8 Å². The highest BCUT2D eigenvalue weighted by Gasteiger charge is 2.95. The molecule has 0 amide bonds. The van der Waals surface area contributed by atoms with Gasteiger partial charge in [0.25, 0.3) is 0 Å². The zero-order valence-corrected chi connectivity index (χ0v) is 15.7. The summed E-state index contributed by atoms with van der Waals surface area (Å²) < 4.78 is 6.07. The SMILES string of the molecule is CC(C)C1=C(O)C(=O)[C@]23O[C@@]2(C1=O)[C@H](CO)[C@H]1C(C)(C)CCC[C@@]13C. The molecule has 5 nitrogen and oxygen atoms in total. The molecule has 0 aromatic heterocycles. The van der Waals surface area contributed by atoms with Gasteiger partial charge in [0.15, 0.2) is 22.7 Å². The summed E-state index contributed by atoms with van der Waals surface area (Å²) in [5.74, 6) is -1.83. The van der Waals surface area contributed by atoms with E-state index in [1.165, 1.54) is 0 Å². The second-order valence-electron chi connectivity index (χ2n) is 9.62. The van der Waals surface area contributed by atoms with Crippen LogP contribution >= 0.6 is 0 Å². The smallest absolute Gasteiger partial charge is 0.233 e. The molecule has 5 heteroatoms. The Morgan fingerprint density at radius 1 is 1.16 bits per heavy atom. The molecule has 1 heterocycles. The van der Waals surface area contributed by atoms with E-state index in [9.17, 15) is 19.8 Å². The third-order valence-corrected chi connectivity index (χ3v) is 7.72. The lowest BCUT2D eigenvalue weighted by Crippen LogP contribution is -2.53. The van der Waals surface area contributed by atoms with Gasteiger partial charge < -0.3 is 14.9 Å². The van der Waals surface area contributed by atoms with Crippen LogP contribution in [-0.4, -0.2) is 39.6 Å². The van der Waals surface area contributed by atoms with Crippen LogP contribution in [0.2, 0.25) is 0 Å². The third-order valence-electron chi connectivity index (χ3n) is 7.72. The number of fused-ring (bicyclic) bond motifs is 1. The molecular weight excluding hydrogens is 320 g/mol. The minimum absolute atomic E-state index is 0.000266. The van der Waals surface area contributed by atoms with Gasteiger partial charge in [-0.2, -0.15) is 0 Å². The van der Waals surface area contributed by atoms with Crippen molar-refractivity contribution in [3.05, 3.63) is 11.3 Å². The van der Waals surface area contributed by atoms with Gasteiger partial charge in [0.05, 0.1) is 0 Å². The highest BCUT2D eigenvalue weighted by molar-refractivity contribution is 6.23. The Balaban J connectivity index is 1.99. The van der Waals surface area contributed by atoms with E-state index in [1.807, 2.05) is 6.92 Å². The molecule has 0 radical (unpaired) electrons. The molecular formula is C20H28O5. The van der Waals surface area contributed by atoms with Crippen LogP contribution in [0.4, 0.5) is 0 Å². The van der Waals surface area contributed by atoms with Gasteiger partial charge in [0, 0.05) is 23.5 Å². The lowest BCUT2D eigenvalue weighted by atomic mass is 9.53. The minimum Gasteiger partial charge on any atom is -0.504 e. The van der Waals surface area contributed by atoms with Gasteiger partial charge >= 0.3 is 0 Å². The Labute approximate surface area is 148 Å². The maximum Gasteiger partial charge on any atom is 0.233 e. The first kappa shape index (κ1) is 17.2. The molecule has 0 spiro atoms. The van der Waals surface area contributed by atoms with Crippen LogP contribution in [0, 0.1) is 28.6 Å². The standard InChI is InChI=1S/C20H28O5/c1-10(2)12-13(22)16(24)20-18(5)8-6-7-17(3,4)14(18)11(9-21)19(20,25-20)15(12)23/h10-11,14,21-22H,6-9H2,1-5H3/t11-,14+,18+,19-,20-/m1/s1.